The average Bonchev–Trinajstić information content (AvgIpc) is 2.74. The van der Waals surface area contributed by atoms with Crippen molar-refractivity contribution < 1.29 is 14.3 Å². The molecule has 0 spiro atoms. The van der Waals surface area contributed by atoms with Crippen LogP contribution in [0.5, 0.6) is 0 Å². The number of pyridine rings is 1. The van der Waals surface area contributed by atoms with Gasteiger partial charge in [0.05, 0.1) is 24.6 Å². The number of nitrogens with zero attached hydrogens (tertiary/aromatic N) is 2. The molecule has 1 aliphatic rings. The highest BCUT2D eigenvalue weighted by Gasteiger charge is 2.17. The average molecular weight is 396 g/mol. The number of anilines is 2. The maximum Gasteiger partial charge on any atom is 0.269 e. The number of carbonyl (C=O) groups is 2. The number of rotatable bonds is 7. The lowest BCUT2D eigenvalue weighted by molar-refractivity contribution is 0.0947. The number of morpholine rings is 1. The first kappa shape index (κ1) is 20.8. The summed E-state index contributed by atoms with van der Waals surface area (Å²) in [6, 6.07) is 10.8. The summed E-state index contributed by atoms with van der Waals surface area (Å²) in [4.78, 5) is 31.4. The van der Waals surface area contributed by atoms with E-state index in [1.54, 1.807) is 6.07 Å². The fourth-order valence-corrected chi connectivity index (χ4v) is 3.11. The molecule has 2 aromatic rings. The highest BCUT2D eigenvalue weighted by molar-refractivity contribution is 6.07. The molecule has 0 atom stereocenters. The monoisotopic (exact) mass is 396 g/mol. The maximum atomic E-state index is 12.8. The topological polar surface area (TPSA) is 83.6 Å². The summed E-state index contributed by atoms with van der Waals surface area (Å²) in [6.07, 6.45) is 2.38. The SMILES string of the molecule is CC(C)CCNC(=O)c1cc(C(=O)Nc2ccccc2N2CCOCC2)ccn1. The van der Waals surface area contributed by atoms with Crippen molar-refractivity contribution in [3.05, 3.63) is 53.9 Å². The lowest BCUT2D eigenvalue weighted by Gasteiger charge is -2.30. The number of para-hydroxylation sites is 2. The van der Waals surface area contributed by atoms with Crippen LogP contribution in [0.1, 0.15) is 41.1 Å². The van der Waals surface area contributed by atoms with Gasteiger partial charge in [0.25, 0.3) is 11.8 Å². The van der Waals surface area contributed by atoms with Crippen molar-refractivity contribution in [3.8, 4) is 0 Å². The van der Waals surface area contributed by atoms with Gasteiger partial charge in [-0.25, -0.2) is 0 Å². The van der Waals surface area contributed by atoms with Crippen LogP contribution in [-0.4, -0.2) is 49.6 Å². The van der Waals surface area contributed by atoms with Crippen molar-refractivity contribution in [2.24, 2.45) is 5.92 Å². The molecule has 0 saturated carbocycles. The third-order valence-electron chi connectivity index (χ3n) is 4.77. The number of nitrogens with one attached hydrogen (secondary N) is 2. The van der Waals surface area contributed by atoms with Crippen molar-refractivity contribution in [2.45, 2.75) is 20.3 Å². The third kappa shape index (κ3) is 5.77. The van der Waals surface area contributed by atoms with Crippen LogP contribution in [0.25, 0.3) is 0 Å². The molecule has 7 nitrogen and oxygen atoms in total. The smallest absolute Gasteiger partial charge is 0.269 e. The first-order chi connectivity index (χ1) is 14.0. The Kier molecular flexibility index (Phi) is 7.19. The van der Waals surface area contributed by atoms with Crippen LogP contribution in [0, 0.1) is 5.92 Å². The van der Waals surface area contributed by atoms with Crippen LogP contribution < -0.4 is 15.5 Å². The molecule has 2 N–H and O–H groups in total. The summed E-state index contributed by atoms with van der Waals surface area (Å²) < 4.78 is 5.41. The van der Waals surface area contributed by atoms with Crippen molar-refractivity contribution in [1.29, 1.82) is 0 Å². The predicted octanol–water partition coefficient (Wildman–Crippen LogP) is 2.95. The lowest BCUT2D eigenvalue weighted by atomic mass is 10.1. The standard InChI is InChI=1S/C22H28N4O3/c1-16(2)7-9-24-22(28)19-15-17(8-10-23-19)21(27)25-18-5-3-4-6-20(18)26-11-13-29-14-12-26/h3-6,8,10,15-16H,7,9,11-14H2,1-2H3,(H,24,28)(H,25,27). The van der Waals surface area contributed by atoms with Crippen molar-refractivity contribution in [1.82, 2.24) is 10.3 Å². The van der Waals surface area contributed by atoms with E-state index in [1.807, 2.05) is 24.3 Å². The van der Waals surface area contributed by atoms with E-state index in [1.165, 1.54) is 12.3 Å². The maximum absolute atomic E-state index is 12.8. The Bertz CT molecular complexity index is 847. The predicted molar refractivity (Wildman–Crippen MR) is 113 cm³/mol. The number of benzene rings is 1. The molecular weight excluding hydrogens is 368 g/mol. The van der Waals surface area contributed by atoms with Gasteiger partial charge in [0.15, 0.2) is 0 Å². The van der Waals surface area contributed by atoms with Crippen molar-refractivity contribution in [2.75, 3.05) is 43.1 Å². The van der Waals surface area contributed by atoms with Crippen LogP contribution in [0.3, 0.4) is 0 Å². The fraction of sp³-hybridized carbons (Fsp3) is 0.409. The zero-order chi connectivity index (χ0) is 20.6. The minimum Gasteiger partial charge on any atom is -0.378 e. The fourth-order valence-electron chi connectivity index (χ4n) is 3.11. The van der Waals surface area contributed by atoms with Gasteiger partial charge in [-0.15, -0.1) is 0 Å². The molecule has 0 radical (unpaired) electrons. The second-order valence-electron chi connectivity index (χ2n) is 7.44. The van der Waals surface area contributed by atoms with E-state index in [9.17, 15) is 9.59 Å². The van der Waals surface area contributed by atoms with Gasteiger partial charge >= 0.3 is 0 Å². The Morgan fingerprint density at radius 2 is 1.90 bits per heavy atom. The molecule has 0 aliphatic carbocycles. The number of aromatic nitrogens is 1. The second-order valence-corrected chi connectivity index (χ2v) is 7.44. The first-order valence-corrected chi connectivity index (χ1v) is 10.0. The second kappa shape index (κ2) is 10.0. The van der Waals surface area contributed by atoms with Gasteiger partial charge in [0, 0.05) is 31.4 Å². The number of hydrogen-bond acceptors (Lipinski definition) is 5. The zero-order valence-electron chi connectivity index (χ0n) is 17.0. The molecule has 1 aromatic carbocycles. The van der Waals surface area contributed by atoms with Gasteiger partial charge in [0.1, 0.15) is 5.69 Å². The zero-order valence-corrected chi connectivity index (χ0v) is 17.0. The highest BCUT2D eigenvalue weighted by Crippen LogP contribution is 2.26. The Labute approximate surface area is 171 Å². The van der Waals surface area contributed by atoms with Crippen molar-refractivity contribution >= 4 is 23.2 Å². The molecule has 1 saturated heterocycles. The van der Waals surface area contributed by atoms with E-state index in [-0.39, 0.29) is 17.5 Å². The van der Waals surface area contributed by atoms with E-state index in [4.69, 9.17) is 4.74 Å². The molecule has 2 amide bonds. The van der Waals surface area contributed by atoms with Gasteiger partial charge in [-0.05, 0) is 36.6 Å². The number of ether oxygens (including phenoxy) is 1. The van der Waals surface area contributed by atoms with E-state index in [0.29, 0.717) is 31.2 Å². The third-order valence-corrected chi connectivity index (χ3v) is 4.77. The highest BCUT2D eigenvalue weighted by atomic mass is 16.5. The number of carbonyl (C=O) groups excluding carboxylic acids is 2. The molecule has 1 aromatic heterocycles. The first-order valence-electron chi connectivity index (χ1n) is 10.0. The molecule has 0 bridgehead atoms. The molecule has 3 rings (SSSR count). The van der Waals surface area contributed by atoms with Crippen LogP contribution in [0.4, 0.5) is 11.4 Å². The Morgan fingerprint density at radius 1 is 1.14 bits per heavy atom. The lowest BCUT2D eigenvalue weighted by Crippen LogP contribution is -2.36. The molecular formula is C22H28N4O3. The summed E-state index contributed by atoms with van der Waals surface area (Å²) in [5.74, 6) is -0.0368. The molecule has 2 heterocycles. The summed E-state index contributed by atoms with van der Waals surface area (Å²) in [7, 11) is 0. The largest absolute Gasteiger partial charge is 0.378 e. The van der Waals surface area contributed by atoms with E-state index in [2.05, 4.69) is 34.4 Å². The van der Waals surface area contributed by atoms with E-state index >= 15 is 0 Å². The van der Waals surface area contributed by atoms with Gasteiger partial charge < -0.3 is 20.3 Å². The number of hydrogen-bond donors (Lipinski definition) is 2. The summed E-state index contributed by atoms with van der Waals surface area (Å²) in [5.41, 5.74) is 2.33. The minimum absolute atomic E-state index is 0.239. The summed E-state index contributed by atoms with van der Waals surface area (Å²) in [5, 5.41) is 5.81. The van der Waals surface area contributed by atoms with Gasteiger partial charge in [0.2, 0.25) is 0 Å². The van der Waals surface area contributed by atoms with Gasteiger partial charge in [-0.2, -0.15) is 0 Å². The molecule has 1 fully saturated rings. The Balaban J connectivity index is 1.69. The molecule has 1 aliphatic heterocycles. The Morgan fingerprint density at radius 3 is 2.66 bits per heavy atom. The molecule has 0 unspecified atom stereocenters. The number of amides is 2. The Hall–Kier alpha value is -2.93. The summed E-state index contributed by atoms with van der Waals surface area (Å²) >= 11 is 0. The van der Waals surface area contributed by atoms with Crippen LogP contribution >= 0.6 is 0 Å². The molecule has 7 heteroatoms. The molecule has 29 heavy (non-hydrogen) atoms. The van der Waals surface area contributed by atoms with Crippen LogP contribution in [0.2, 0.25) is 0 Å². The van der Waals surface area contributed by atoms with E-state index < -0.39 is 0 Å². The molecule has 154 valence electrons. The quantitative estimate of drug-likeness (QED) is 0.752. The van der Waals surface area contributed by atoms with Crippen LogP contribution in [0.15, 0.2) is 42.6 Å². The van der Waals surface area contributed by atoms with Crippen molar-refractivity contribution in [3.63, 3.8) is 0 Å². The summed E-state index contributed by atoms with van der Waals surface area (Å²) in [6.45, 7) is 7.69. The minimum atomic E-state index is -0.274. The van der Waals surface area contributed by atoms with Gasteiger partial charge in [-0.1, -0.05) is 26.0 Å². The van der Waals surface area contributed by atoms with E-state index in [0.717, 1.165) is 30.9 Å². The van der Waals surface area contributed by atoms with Gasteiger partial charge in [-0.3, -0.25) is 14.6 Å². The van der Waals surface area contributed by atoms with Crippen LogP contribution in [-0.2, 0) is 4.74 Å². The normalized spacial score (nSPS) is 14.0.